The van der Waals surface area contributed by atoms with Crippen molar-refractivity contribution in [1.82, 2.24) is 15.1 Å². The van der Waals surface area contributed by atoms with Gasteiger partial charge in [0.15, 0.2) is 11.5 Å². The minimum absolute atomic E-state index is 0.0396. The van der Waals surface area contributed by atoms with E-state index in [4.69, 9.17) is 18.6 Å². The number of amides is 2. The van der Waals surface area contributed by atoms with Gasteiger partial charge in [0.2, 0.25) is 29.3 Å². The summed E-state index contributed by atoms with van der Waals surface area (Å²) in [5.74, 6) is 0.803. The number of carbonyl (C=O) groups is 2. The number of rotatable bonds is 6. The largest absolute Gasteiger partial charge is 0.493 e. The molecule has 0 unspecified atom stereocenters. The Kier molecular flexibility index (Phi) is 4.96. The van der Waals surface area contributed by atoms with Gasteiger partial charge in [-0.1, -0.05) is 12.2 Å². The fraction of sp³-hybridized carbons (Fsp3) is 0.400. The molecule has 2 aliphatic rings. The van der Waals surface area contributed by atoms with E-state index in [1.54, 1.807) is 12.1 Å². The topological polar surface area (TPSA) is 104 Å². The highest BCUT2D eigenvalue weighted by Crippen LogP contribution is 2.41. The van der Waals surface area contributed by atoms with Crippen LogP contribution in [0.15, 0.2) is 28.7 Å². The maximum atomic E-state index is 12.6. The zero-order chi connectivity index (χ0) is 20.5. The molecule has 1 fully saturated rings. The van der Waals surface area contributed by atoms with Crippen LogP contribution in [0.25, 0.3) is 11.5 Å². The van der Waals surface area contributed by atoms with Gasteiger partial charge in [-0.15, -0.1) is 10.2 Å². The molecule has 2 aromatic rings. The van der Waals surface area contributed by atoms with E-state index in [1.807, 2.05) is 12.2 Å². The van der Waals surface area contributed by atoms with Crippen molar-refractivity contribution in [3.05, 3.63) is 30.2 Å². The number of ether oxygens (including phenoxy) is 3. The van der Waals surface area contributed by atoms with Crippen molar-refractivity contribution in [3.8, 4) is 28.7 Å². The molecular formula is C20H21N3O6. The summed E-state index contributed by atoms with van der Waals surface area (Å²) < 4.78 is 21.7. The van der Waals surface area contributed by atoms with E-state index >= 15 is 0 Å². The third kappa shape index (κ3) is 3.22. The summed E-state index contributed by atoms with van der Waals surface area (Å²) in [5.41, 5.74) is 0.565. The van der Waals surface area contributed by atoms with Crippen LogP contribution in [0.1, 0.15) is 18.7 Å². The van der Waals surface area contributed by atoms with Crippen molar-refractivity contribution in [1.29, 1.82) is 0 Å². The number of hydrogen-bond acceptors (Lipinski definition) is 8. The van der Waals surface area contributed by atoms with Gasteiger partial charge in [-0.25, -0.2) is 0 Å². The molecule has 2 amide bonds. The fourth-order valence-electron chi connectivity index (χ4n) is 3.80. The summed E-state index contributed by atoms with van der Waals surface area (Å²) in [6.07, 6.45) is 5.08. The Hall–Kier alpha value is -3.36. The second-order valence-electron chi connectivity index (χ2n) is 6.83. The van der Waals surface area contributed by atoms with Gasteiger partial charge in [0.05, 0.1) is 33.2 Å². The summed E-state index contributed by atoms with van der Waals surface area (Å²) in [7, 11) is 4.54. The average molecular weight is 399 g/mol. The van der Waals surface area contributed by atoms with Gasteiger partial charge in [0.25, 0.3) is 0 Å². The predicted octanol–water partition coefficient (Wildman–Crippen LogP) is 2.21. The highest BCUT2D eigenvalue weighted by Gasteiger charge is 2.47. The van der Waals surface area contributed by atoms with Crippen LogP contribution in [-0.2, 0) is 16.1 Å². The standard InChI is InChI=1S/C20H21N3O6/c1-26-14-8-11(9-15(27-2)17(14)28-3)18-22-21-16(29-18)10-23-19(24)12-6-4-5-7-13(12)20(23)25/h4-5,8-9,12-13H,6-7,10H2,1-3H3/t12-,13+. The molecule has 4 rings (SSSR count). The Morgan fingerprint density at radius 3 is 2.07 bits per heavy atom. The quantitative estimate of drug-likeness (QED) is 0.538. The monoisotopic (exact) mass is 399 g/mol. The first-order valence-electron chi connectivity index (χ1n) is 9.20. The summed E-state index contributed by atoms with van der Waals surface area (Å²) >= 11 is 0. The normalized spacial score (nSPS) is 20.7. The van der Waals surface area contributed by atoms with E-state index in [9.17, 15) is 9.59 Å². The van der Waals surface area contributed by atoms with Crippen LogP contribution in [0.5, 0.6) is 17.2 Å². The summed E-state index contributed by atoms with van der Waals surface area (Å²) in [4.78, 5) is 26.4. The number of carbonyl (C=O) groups excluding carboxylic acids is 2. The van der Waals surface area contributed by atoms with Gasteiger partial charge in [0.1, 0.15) is 6.54 Å². The van der Waals surface area contributed by atoms with Crippen LogP contribution in [0.2, 0.25) is 0 Å². The molecule has 9 heteroatoms. The van der Waals surface area contributed by atoms with E-state index < -0.39 is 0 Å². The Morgan fingerprint density at radius 2 is 1.55 bits per heavy atom. The molecule has 1 aromatic carbocycles. The summed E-state index contributed by atoms with van der Waals surface area (Å²) in [6.45, 7) is -0.0396. The Bertz CT molecular complexity index is 931. The number of allylic oxidation sites excluding steroid dienone is 2. The lowest BCUT2D eigenvalue weighted by Crippen LogP contribution is -2.30. The summed E-state index contributed by atoms with van der Waals surface area (Å²) in [6, 6.07) is 3.37. The highest BCUT2D eigenvalue weighted by atomic mass is 16.5. The molecule has 0 radical (unpaired) electrons. The summed E-state index contributed by atoms with van der Waals surface area (Å²) in [5, 5.41) is 8.05. The number of likely N-dealkylation sites (tertiary alicyclic amines) is 1. The lowest BCUT2D eigenvalue weighted by atomic mass is 9.85. The molecule has 0 saturated carbocycles. The van der Waals surface area contributed by atoms with Crippen molar-refractivity contribution in [2.75, 3.05) is 21.3 Å². The molecule has 1 aliphatic heterocycles. The number of hydrogen-bond donors (Lipinski definition) is 0. The molecule has 1 saturated heterocycles. The lowest BCUT2D eigenvalue weighted by molar-refractivity contribution is -0.141. The number of nitrogens with zero attached hydrogens (tertiary/aromatic N) is 3. The Balaban J connectivity index is 1.58. The van der Waals surface area contributed by atoms with Gasteiger partial charge in [-0.3, -0.25) is 14.5 Å². The molecule has 2 heterocycles. The van der Waals surface area contributed by atoms with Crippen molar-refractivity contribution in [3.63, 3.8) is 0 Å². The average Bonchev–Trinajstić information content (AvgIpc) is 3.32. The minimum Gasteiger partial charge on any atom is -0.493 e. The molecule has 1 aliphatic carbocycles. The van der Waals surface area contributed by atoms with Crippen LogP contribution in [0.3, 0.4) is 0 Å². The molecular weight excluding hydrogens is 378 g/mol. The van der Waals surface area contributed by atoms with Crippen molar-refractivity contribution < 1.29 is 28.2 Å². The zero-order valence-corrected chi connectivity index (χ0v) is 16.4. The maximum absolute atomic E-state index is 12.6. The van der Waals surface area contributed by atoms with Gasteiger partial charge < -0.3 is 18.6 Å². The van der Waals surface area contributed by atoms with Gasteiger partial charge >= 0.3 is 0 Å². The maximum Gasteiger partial charge on any atom is 0.248 e. The molecule has 0 bridgehead atoms. The van der Waals surface area contributed by atoms with Gasteiger partial charge in [-0.2, -0.15) is 0 Å². The van der Waals surface area contributed by atoms with Crippen LogP contribution >= 0.6 is 0 Å². The first kappa shape index (κ1) is 19.0. The Morgan fingerprint density at radius 1 is 0.966 bits per heavy atom. The molecule has 2 atom stereocenters. The van der Waals surface area contributed by atoms with Gasteiger partial charge in [-0.05, 0) is 25.0 Å². The molecule has 9 nitrogen and oxygen atoms in total. The number of benzene rings is 1. The number of imide groups is 1. The van der Waals surface area contributed by atoms with Crippen molar-refractivity contribution in [2.45, 2.75) is 19.4 Å². The molecule has 152 valence electrons. The number of methoxy groups -OCH3 is 3. The minimum atomic E-state index is -0.287. The molecule has 29 heavy (non-hydrogen) atoms. The van der Waals surface area contributed by atoms with Crippen LogP contribution in [0, 0.1) is 11.8 Å². The number of fused-ring (bicyclic) bond motifs is 1. The van der Waals surface area contributed by atoms with E-state index in [-0.39, 0.29) is 42.0 Å². The van der Waals surface area contributed by atoms with Crippen molar-refractivity contribution >= 4 is 11.8 Å². The predicted molar refractivity (Wildman–Crippen MR) is 100 cm³/mol. The highest BCUT2D eigenvalue weighted by molar-refractivity contribution is 6.05. The lowest BCUT2D eigenvalue weighted by Gasteiger charge is -2.14. The SMILES string of the molecule is COc1cc(-c2nnc(CN3C(=O)[C@H]4CC=CC[C@H]4C3=O)o2)cc(OC)c1OC. The van der Waals surface area contributed by atoms with E-state index in [0.29, 0.717) is 35.7 Å². The van der Waals surface area contributed by atoms with E-state index in [1.165, 1.54) is 26.2 Å². The van der Waals surface area contributed by atoms with Gasteiger partial charge in [0, 0.05) is 5.56 Å². The molecule has 1 aromatic heterocycles. The smallest absolute Gasteiger partial charge is 0.248 e. The Labute approximate surface area is 167 Å². The van der Waals surface area contributed by atoms with Crippen molar-refractivity contribution in [2.24, 2.45) is 11.8 Å². The fourth-order valence-corrected chi connectivity index (χ4v) is 3.80. The van der Waals surface area contributed by atoms with E-state index in [0.717, 1.165) is 0 Å². The molecule has 0 N–H and O–H groups in total. The first-order chi connectivity index (χ1) is 14.1. The molecule has 0 spiro atoms. The third-order valence-electron chi connectivity index (χ3n) is 5.27. The third-order valence-corrected chi connectivity index (χ3v) is 5.27. The second kappa shape index (κ2) is 7.57. The van der Waals surface area contributed by atoms with Crippen LogP contribution < -0.4 is 14.2 Å². The number of aromatic nitrogens is 2. The van der Waals surface area contributed by atoms with Crippen LogP contribution in [0.4, 0.5) is 0 Å². The van der Waals surface area contributed by atoms with Crippen LogP contribution in [-0.4, -0.2) is 48.2 Å². The zero-order valence-electron chi connectivity index (χ0n) is 16.4. The first-order valence-corrected chi connectivity index (χ1v) is 9.20. The second-order valence-corrected chi connectivity index (χ2v) is 6.83. The van der Waals surface area contributed by atoms with E-state index in [2.05, 4.69) is 10.2 Å².